The zero-order valence-electron chi connectivity index (χ0n) is 14.3. The number of hydrogen-bond donors (Lipinski definition) is 2. The summed E-state index contributed by atoms with van der Waals surface area (Å²) in [5.74, 6) is 0. The topological polar surface area (TPSA) is 71.8 Å². The summed E-state index contributed by atoms with van der Waals surface area (Å²) in [7, 11) is 0. The van der Waals surface area contributed by atoms with Crippen LogP contribution in [0.2, 0.25) is 0 Å². The zero-order chi connectivity index (χ0) is 17.6. The van der Waals surface area contributed by atoms with Crippen molar-refractivity contribution in [2.75, 3.05) is 0 Å². The van der Waals surface area contributed by atoms with Gasteiger partial charge in [0.05, 0.1) is 24.6 Å². The van der Waals surface area contributed by atoms with Crippen molar-refractivity contribution in [1.82, 2.24) is 25.2 Å². The molecule has 2 heterocycles. The molecule has 6 heteroatoms. The molecule has 0 aliphatic carbocycles. The number of carbonyl (C=O) groups excluding carboxylic acids is 1. The molecular weight excluding hydrogens is 314 g/mol. The van der Waals surface area contributed by atoms with Crippen molar-refractivity contribution in [2.24, 2.45) is 0 Å². The predicted octanol–water partition coefficient (Wildman–Crippen LogP) is 3.14. The Hall–Kier alpha value is -3.15. The van der Waals surface area contributed by atoms with Crippen LogP contribution in [-0.4, -0.2) is 20.6 Å². The van der Waals surface area contributed by atoms with E-state index in [1.165, 1.54) is 0 Å². The first kappa shape index (κ1) is 16.7. The second-order valence-corrected chi connectivity index (χ2v) is 5.88. The third-order valence-corrected chi connectivity index (χ3v) is 4.05. The number of pyridine rings is 1. The summed E-state index contributed by atoms with van der Waals surface area (Å²) in [6.45, 7) is 4.34. The number of carbonyl (C=O) groups is 1. The Labute approximate surface area is 146 Å². The Morgan fingerprint density at radius 2 is 2.12 bits per heavy atom. The van der Waals surface area contributed by atoms with Crippen LogP contribution in [0.3, 0.4) is 0 Å². The third-order valence-electron chi connectivity index (χ3n) is 4.05. The average molecular weight is 335 g/mol. The van der Waals surface area contributed by atoms with Crippen LogP contribution in [0, 0.1) is 6.92 Å². The first-order valence-corrected chi connectivity index (χ1v) is 8.16. The fraction of sp³-hybridized carbons (Fsp3) is 0.211. The molecular formula is C19H21N5O. The molecule has 128 valence electrons. The number of nitrogens with one attached hydrogen (secondary N) is 2. The van der Waals surface area contributed by atoms with E-state index >= 15 is 0 Å². The number of urea groups is 1. The van der Waals surface area contributed by atoms with E-state index in [0.717, 1.165) is 22.5 Å². The number of rotatable bonds is 5. The van der Waals surface area contributed by atoms with Gasteiger partial charge >= 0.3 is 6.03 Å². The van der Waals surface area contributed by atoms with Gasteiger partial charge in [-0.3, -0.25) is 4.98 Å². The van der Waals surface area contributed by atoms with Gasteiger partial charge in [0.1, 0.15) is 0 Å². The van der Waals surface area contributed by atoms with Gasteiger partial charge in [0.15, 0.2) is 0 Å². The first-order chi connectivity index (χ1) is 12.1. The molecule has 0 radical (unpaired) electrons. The molecule has 25 heavy (non-hydrogen) atoms. The lowest BCUT2D eigenvalue weighted by Crippen LogP contribution is -2.37. The van der Waals surface area contributed by atoms with Gasteiger partial charge in [-0.25, -0.2) is 9.78 Å². The molecule has 0 saturated carbocycles. The number of aryl methyl sites for hydroxylation is 1. The lowest BCUT2D eigenvalue weighted by atomic mass is 10.1. The van der Waals surface area contributed by atoms with Gasteiger partial charge in [-0.05, 0) is 43.2 Å². The Morgan fingerprint density at radius 3 is 2.88 bits per heavy atom. The van der Waals surface area contributed by atoms with Crippen LogP contribution in [0.25, 0.3) is 5.69 Å². The van der Waals surface area contributed by atoms with Crippen LogP contribution in [0.5, 0.6) is 0 Å². The smallest absolute Gasteiger partial charge is 0.315 e. The third kappa shape index (κ3) is 4.23. The van der Waals surface area contributed by atoms with Crippen LogP contribution in [-0.2, 0) is 6.54 Å². The van der Waals surface area contributed by atoms with Gasteiger partial charge < -0.3 is 15.2 Å². The molecule has 0 aliphatic rings. The standard InChI is InChI=1S/C19H21N5O/c1-14-5-4-8-21-18(14)12-22-19(25)23-15(2)16-6-3-7-17(11-16)24-10-9-20-13-24/h3-11,13,15H,12H2,1-2H3,(H2,22,23,25). The highest BCUT2D eigenvalue weighted by molar-refractivity contribution is 5.74. The van der Waals surface area contributed by atoms with Crippen LogP contribution in [0.1, 0.15) is 29.8 Å². The van der Waals surface area contributed by atoms with Crippen molar-refractivity contribution in [2.45, 2.75) is 26.4 Å². The highest BCUT2D eigenvalue weighted by Gasteiger charge is 2.10. The van der Waals surface area contributed by atoms with Crippen molar-refractivity contribution in [3.63, 3.8) is 0 Å². The molecule has 0 spiro atoms. The van der Waals surface area contributed by atoms with E-state index in [0.29, 0.717) is 6.54 Å². The van der Waals surface area contributed by atoms with Crippen LogP contribution < -0.4 is 10.6 Å². The Bertz CT molecular complexity index is 845. The Morgan fingerprint density at radius 1 is 1.24 bits per heavy atom. The average Bonchev–Trinajstić information content (AvgIpc) is 3.16. The van der Waals surface area contributed by atoms with Crippen LogP contribution in [0.15, 0.2) is 61.3 Å². The summed E-state index contributed by atoms with van der Waals surface area (Å²) in [5.41, 5.74) is 3.96. The minimum atomic E-state index is -0.217. The molecule has 2 aromatic heterocycles. The lowest BCUT2D eigenvalue weighted by molar-refractivity contribution is 0.237. The molecule has 0 fully saturated rings. The summed E-state index contributed by atoms with van der Waals surface area (Å²) in [5, 5.41) is 5.81. The van der Waals surface area contributed by atoms with Crippen LogP contribution in [0.4, 0.5) is 4.79 Å². The normalized spacial score (nSPS) is 11.8. The molecule has 0 aliphatic heterocycles. The van der Waals surface area contributed by atoms with E-state index in [4.69, 9.17) is 0 Å². The molecule has 6 nitrogen and oxygen atoms in total. The number of nitrogens with zero attached hydrogens (tertiary/aromatic N) is 3. The van der Waals surface area contributed by atoms with E-state index in [1.807, 2.05) is 61.0 Å². The molecule has 1 aromatic carbocycles. The van der Waals surface area contributed by atoms with Gasteiger partial charge in [0, 0.05) is 24.3 Å². The van der Waals surface area contributed by atoms with E-state index in [1.54, 1.807) is 18.7 Å². The molecule has 3 rings (SSSR count). The van der Waals surface area contributed by atoms with E-state index < -0.39 is 0 Å². The predicted molar refractivity (Wildman–Crippen MR) is 96.3 cm³/mol. The van der Waals surface area contributed by atoms with E-state index in [9.17, 15) is 4.79 Å². The number of benzene rings is 1. The van der Waals surface area contributed by atoms with Crippen molar-refractivity contribution in [1.29, 1.82) is 0 Å². The first-order valence-electron chi connectivity index (χ1n) is 8.16. The number of aromatic nitrogens is 3. The van der Waals surface area contributed by atoms with Crippen LogP contribution >= 0.6 is 0 Å². The maximum Gasteiger partial charge on any atom is 0.315 e. The van der Waals surface area contributed by atoms with E-state index in [2.05, 4.69) is 20.6 Å². The van der Waals surface area contributed by atoms with Gasteiger partial charge in [-0.15, -0.1) is 0 Å². The molecule has 1 unspecified atom stereocenters. The van der Waals surface area contributed by atoms with Crippen molar-refractivity contribution in [3.8, 4) is 5.69 Å². The summed E-state index contributed by atoms with van der Waals surface area (Å²) < 4.78 is 1.93. The minimum Gasteiger partial charge on any atom is -0.332 e. The minimum absolute atomic E-state index is 0.117. The van der Waals surface area contributed by atoms with Crippen molar-refractivity contribution < 1.29 is 4.79 Å². The molecule has 0 bridgehead atoms. The summed E-state index contributed by atoms with van der Waals surface area (Å²) in [4.78, 5) is 20.5. The lowest BCUT2D eigenvalue weighted by Gasteiger charge is -2.16. The highest BCUT2D eigenvalue weighted by Crippen LogP contribution is 2.16. The number of hydrogen-bond acceptors (Lipinski definition) is 3. The van der Waals surface area contributed by atoms with Crippen molar-refractivity contribution in [3.05, 3.63) is 78.1 Å². The largest absolute Gasteiger partial charge is 0.332 e. The molecule has 2 N–H and O–H groups in total. The second-order valence-electron chi connectivity index (χ2n) is 5.88. The maximum absolute atomic E-state index is 12.2. The fourth-order valence-electron chi connectivity index (χ4n) is 2.57. The molecule has 3 aromatic rings. The number of amides is 2. The van der Waals surface area contributed by atoms with Gasteiger partial charge in [-0.2, -0.15) is 0 Å². The quantitative estimate of drug-likeness (QED) is 0.752. The SMILES string of the molecule is Cc1cccnc1CNC(=O)NC(C)c1cccc(-n2ccnc2)c1. The monoisotopic (exact) mass is 335 g/mol. The van der Waals surface area contributed by atoms with Gasteiger partial charge in [-0.1, -0.05) is 18.2 Å². The van der Waals surface area contributed by atoms with Crippen molar-refractivity contribution >= 4 is 6.03 Å². The van der Waals surface area contributed by atoms with Gasteiger partial charge in [0.2, 0.25) is 0 Å². The Balaban J connectivity index is 1.60. The summed E-state index contributed by atoms with van der Waals surface area (Å²) in [6, 6.07) is 11.5. The zero-order valence-corrected chi connectivity index (χ0v) is 14.3. The molecule has 0 saturated heterocycles. The maximum atomic E-state index is 12.2. The Kier molecular flexibility index (Phi) is 5.09. The van der Waals surface area contributed by atoms with Gasteiger partial charge in [0.25, 0.3) is 0 Å². The summed E-state index contributed by atoms with van der Waals surface area (Å²) >= 11 is 0. The second kappa shape index (κ2) is 7.61. The fourth-order valence-corrected chi connectivity index (χ4v) is 2.57. The molecule has 1 atom stereocenters. The molecule has 2 amide bonds. The number of imidazole rings is 1. The summed E-state index contributed by atoms with van der Waals surface area (Å²) in [6.07, 6.45) is 7.10. The highest BCUT2D eigenvalue weighted by atomic mass is 16.2. The van der Waals surface area contributed by atoms with E-state index in [-0.39, 0.29) is 12.1 Å².